The van der Waals surface area contributed by atoms with Gasteiger partial charge in [-0.2, -0.15) is 0 Å². The van der Waals surface area contributed by atoms with E-state index in [0.29, 0.717) is 19.4 Å². The molecule has 0 saturated carbocycles. The van der Waals surface area contributed by atoms with Crippen molar-refractivity contribution in [3.8, 4) is 0 Å². The summed E-state index contributed by atoms with van der Waals surface area (Å²) in [5, 5.41) is 20.4. The average molecular weight is 275 g/mol. The first-order chi connectivity index (χ1) is 9.66. The molecule has 0 saturated heterocycles. The molecule has 7 nitrogen and oxygen atoms in total. The van der Waals surface area contributed by atoms with Crippen LogP contribution in [-0.4, -0.2) is 36.3 Å². The van der Waals surface area contributed by atoms with E-state index in [1.807, 2.05) is 18.2 Å². The van der Waals surface area contributed by atoms with Crippen molar-refractivity contribution < 1.29 is 9.90 Å². The van der Waals surface area contributed by atoms with Gasteiger partial charge < -0.3 is 5.11 Å². The summed E-state index contributed by atoms with van der Waals surface area (Å²) in [5.41, 5.74) is 0.987. The van der Waals surface area contributed by atoms with E-state index in [2.05, 4.69) is 20.5 Å². The number of nitrogens with zero attached hydrogens (tertiary/aromatic N) is 5. The molecule has 2 aromatic rings. The Hall–Kier alpha value is -2.31. The third kappa shape index (κ3) is 3.84. The van der Waals surface area contributed by atoms with E-state index in [0.717, 1.165) is 17.9 Å². The normalized spacial score (nSPS) is 12.2. The third-order valence-corrected chi connectivity index (χ3v) is 3.13. The van der Waals surface area contributed by atoms with Gasteiger partial charge in [-0.25, -0.2) is 4.68 Å². The molecule has 0 aromatic carbocycles. The molecule has 1 unspecified atom stereocenters. The zero-order chi connectivity index (χ0) is 14.4. The molecule has 0 amide bonds. The predicted molar refractivity (Wildman–Crippen MR) is 70.9 cm³/mol. The fourth-order valence-electron chi connectivity index (χ4n) is 1.80. The van der Waals surface area contributed by atoms with Gasteiger partial charge in [0.15, 0.2) is 5.82 Å². The van der Waals surface area contributed by atoms with E-state index in [4.69, 9.17) is 5.11 Å². The van der Waals surface area contributed by atoms with Gasteiger partial charge in [-0.1, -0.05) is 13.0 Å². The Morgan fingerprint density at radius 2 is 2.25 bits per heavy atom. The number of rotatable bonds is 7. The highest BCUT2D eigenvalue weighted by Gasteiger charge is 2.13. The van der Waals surface area contributed by atoms with Crippen LogP contribution in [0, 0.1) is 5.92 Å². The van der Waals surface area contributed by atoms with Crippen LogP contribution in [0.15, 0.2) is 24.4 Å². The molecule has 20 heavy (non-hydrogen) atoms. The van der Waals surface area contributed by atoms with E-state index < -0.39 is 11.9 Å². The van der Waals surface area contributed by atoms with Crippen LogP contribution in [0.2, 0.25) is 0 Å². The van der Waals surface area contributed by atoms with Gasteiger partial charge in [0.2, 0.25) is 0 Å². The van der Waals surface area contributed by atoms with Crippen LogP contribution in [0.25, 0.3) is 0 Å². The Bertz CT molecular complexity index is 555. The van der Waals surface area contributed by atoms with Gasteiger partial charge >= 0.3 is 5.97 Å². The number of tetrazole rings is 1. The summed E-state index contributed by atoms with van der Waals surface area (Å²) in [7, 11) is 0. The van der Waals surface area contributed by atoms with Gasteiger partial charge in [0.25, 0.3) is 0 Å². The summed E-state index contributed by atoms with van der Waals surface area (Å²) in [6.45, 7) is 2.19. The van der Waals surface area contributed by atoms with Crippen molar-refractivity contribution in [1.29, 1.82) is 0 Å². The second kappa shape index (κ2) is 6.74. The molecule has 0 fully saturated rings. The SMILES string of the molecule is CC(CCn1nnnc1CCc1ccccn1)C(=O)O. The zero-order valence-electron chi connectivity index (χ0n) is 11.3. The molecule has 2 rings (SSSR count). The Kier molecular flexibility index (Phi) is 4.75. The highest BCUT2D eigenvalue weighted by atomic mass is 16.4. The first-order valence-electron chi connectivity index (χ1n) is 6.54. The monoisotopic (exact) mass is 275 g/mol. The molecule has 7 heteroatoms. The molecule has 0 aliphatic carbocycles. The van der Waals surface area contributed by atoms with Gasteiger partial charge in [0, 0.05) is 24.9 Å². The van der Waals surface area contributed by atoms with Gasteiger partial charge in [-0.15, -0.1) is 5.10 Å². The van der Waals surface area contributed by atoms with E-state index in [1.54, 1.807) is 17.8 Å². The fourth-order valence-corrected chi connectivity index (χ4v) is 1.80. The topological polar surface area (TPSA) is 93.8 Å². The fraction of sp³-hybridized carbons (Fsp3) is 0.462. The highest BCUT2D eigenvalue weighted by Crippen LogP contribution is 2.06. The number of carboxylic acids is 1. The van der Waals surface area contributed by atoms with Crippen LogP contribution in [-0.2, 0) is 24.2 Å². The molecule has 0 bridgehead atoms. The lowest BCUT2D eigenvalue weighted by atomic mass is 10.1. The van der Waals surface area contributed by atoms with Gasteiger partial charge in [-0.05, 0) is 35.4 Å². The largest absolute Gasteiger partial charge is 0.481 e. The van der Waals surface area contributed by atoms with Crippen LogP contribution in [0.1, 0.15) is 24.9 Å². The molecule has 2 heterocycles. The van der Waals surface area contributed by atoms with Gasteiger partial charge in [0.05, 0.1) is 5.92 Å². The summed E-state index contributed by atoms with van der Waals surface area (Å²) < 4.78 is 1.67. The molecule has 106 valence electrons. The number of hydrogen-bond donors (Lipinski definition) is 1. The first-order valence-corrected chi connectivity index (χ1v) is 6.54. The van der Waals surface area contributed by atoms with Crippen LogP contribution in [0.4, 0.5) is 0 Å². The van der Waals surface area contributed by atoms with E-state index in [9.17, 15) is 4.79 Å². The first kappa shape index (κ1) is 14.1. The number of carboxylic acid groups (broad SMARTS) is 1. The highest BCUT2D eigenvalue weighted by molar-refractivity contribution is 5.69. The summed E-state index contributed by atoms with van der Waals surface area (Å²) in [4.78, 5) is 15.0. The van der Waals surface area contributed by atoms with E-state index in [-0.39, 0.29) is 0 Å². The van der Waals surface area contributed by atoms with Crippen molar-refractivity contribution in [1.82, 2.24) is 25.2 Å². The molecular formula is C13H17N5O2. The summed E-state index contributed by atoms with van der Waals surface area (Å²) in [6, 6.07) is 5.78. The lowest BCUT2D eigenvalue weighted by Crippen LogP contribution is -2.15. The third-order valence-electron chi connectivity index (χ3n) is 3.13. The van der Waals surface area contributed by atoms with Gasteiger partial charge in [-0.3, -0.25) is 9.78 Å². The number of pyridine rings is 1. The molecule has 0 radical (unpaired) electrons. The predicted octanol–water partition coefficient (Wildman–Crippen LogP) is 0.964. The molecular weight excluding hydrogens is 258 g/mol. The Balaban J connectivity index is 1.90. The minimum absolute atomic E-state index is 0.400. The molecule has 2 aromatic heterocycles. The molecule has 0 aliphatic heterocycles. The second-order valence-corrected chi connectivity index (χ2v) is 4.67. The van der Waals surface area contributed by atoms with Crippen LogP contribution >= 0.6 is 0 Å². The minimum atomic E-state index is -0.798. The number of aliphatic carboxylic acids is 1. The quantitative estimate of drug-likeness (QED) is 0.809. The molecule has 1 atom stereocenters. The maximum Gasteiger partial charge on any atom is 0.306 e. The number of carbonyl (C=O) groups is 1. The lowest BCUT2D eigenvalue weighted by Gasteiger charge is -2.07. The van der Waals surface area contributed by atoms with E-state index >= 15 is 0 Å². The number of aromatic nitrogens is 5. The van der Waals surface area contributed by atoms with Crippen molar-refractivity contribution in [2.75, 3.05) is 0 Å². The summed E-state index contributed by atoms with van der Waals surface area (Å²) >= 11 is 0. The van der Waals surface area contributed by atoms with Crippen LogP contribution < -0.4 is 0 Å². The summed E-state index contributed by atoms with van der Waals surface area (Å²) in [5.74, 6) is -0.441. The second-order valence-electron chi connectivity index (χ2n) is 4.67. The maximum atomic E-state index is 10.8. The smallest absolute Gasteiger partial charge is 0.306 e. The van der Waals surface area contributed by atoms with E-state index in [1.165, 1.54) is 0 Å². The van der Waals surface area contributed by atoms with Crippen LogP contribution in [0.3, 0.4) is 0 Å². The summed E-state index contributed by atoms with van der Waals surface area (Å²) in [6.07, 6.45) is 3.71. The molecule has 1 N–H and O–H groups in total. The standard InChI is InChI=1S/C13H17N5O2/c1-10(13(19)20)7-9-18-12(15-16-17-18)6-5-11-4-2-3-8-14-11/h2-4,8,10H,5-7,9H2,1H3,(H,19,20). The van der Waals surface area contributed by atoms with Crippen molar-refractivity contribution in [3.05, 3.63) is 35.9 Å². The Morgan fingerprint density at radius 3 is 2.95 bits per heavy atom. The number of aryl methyl sites for hydroxylation is 3. The van der Waals surface area contributed by atoms with Crippen molar-refractivity contribution >= 4 is 5.97 Å². The Morgan fingerprint density at radius 1 is 1.40 bits per heavy atom. The average Bonchev–Trinajstić information content (AvgIpc) is 2.91. The molecule has 0 spiro atoms. The molecule has 0 aliphatic rings. The zero-order valence-corrected chi connectivity index (χ0v) is 11.3. The van der Waals surface area contributed by atoms with Crippen LogP contribution in [0.5, 0.6) is 0 Å². The minimum Gasteiger partial charge on any atom is -0.481 e. The van der Waals surface area contributed by atoms with Crippen molar-refractivity contribution in [2.24, 2.45) is 5.92 Å². The lowest BCUT2D eigenvalue weighted by molar-refractivity contribution is -0.141. The Labute approximate surface area is 116 Å². The maximum absolute atomic E-state index is 10.8. The van der Waals surface area contributed by atoms with Crippen molar-refractivity contribution in [2.45, 2.75) is 32.7 Å². The number of hydrogen-bond acceptors (Lipinski definition) is 5. The van der Waals surface area contributed by atoms with Gasteiger partial charge in [0.1, 0.15) is 0 Å². The van der Waals surface area contributed by atoms with Crippen molar-refractivity contribution in [3.63, 3.8) is 0 Å².